The topological polar surface area (TPSA) is 54.4 Å². The molecule has 0 spiro atoms. The van der Waals surface area contributed by atoms with Crippen molar-refractivity contribution in [3.05, 3.63) is 44.9 Å². The third-order valence-corrected chi connectivity index (χ3v) is 3.77. The SMILES string of the molecule is CC1=CC(C)=C2C1=CC(C)=C2S(=O)(=O)O.[Cl-].[Cl-].[Zr+2]. The van der Waals surface area contributed by atoms with Gasteiger partial charge in [0.05, 0.1) is 0 Å². The minimum Gasteiger partial charge on any atom is -1.00 e. The van der Waals surface area contributed by atoms with E-state index in [9.17, 15) is 8.42 Å². The first kappa shape index (κ1) is 20.6. The molecule has 0 unspecified atom stereocenters. The van der Waals surface area contributed by atoms with Gasteiger partial charge in [0.25, 0.3) is 10.1 Å². The summed E-state index contributed by atoms with van der Waals surface area (Å²) in [6, 6.07) is 0. The van der Waals surface area contributed by atoms with Crippen molar-refractivity contribution in [3.8, 4) is 0 Å². The summed E-state index contributed by atoms with van der Waals surface area (Å²) < 4.78 is 31.7. The molecule has 0 amide bonds. The molecule has 0 aliphatic heterocycles. The average molecular weight is 386 g/mol. The fourth-order valence-corrected chi connectivity index (χ4v) is 3.18. The second-order valence-corrected chi connectivity index (χ2v) is 5.29. The van der Waals surface area contributed by atoms with Crippen LogP contribution in [0, 0.1) is 0 Å². The first-order chi connectivity index (χ1) is 6.82. The molecular formula is C11H12Cl2O3SZr. The Morgan fingerprint density at radius 3 is 1.94 bits per heavy atom. The van der Waals surface area contributed by atoms with Crippen LogP contribution in [-0.4, -0.2) is 13.0 Å². The molecule has 7 heteroatoms. The predicted octanol–water partition coefficient (Wildman–Crippen LogP) is -3.63. The zero-order chi connectivity index (χ0) is 11.4. The van der Waals surface area contributed by atoms with Gasteiger partial charge in [-0.05, 0) is 49.1 Å². The van der Waals surface area contributed by atoms with Gasteiger partial charge in [-0.15, -0.1) is 0 Å². The van der Waals surface area contributed by atoms with E-state index in [2.05, 4.69) is 0 Å². The van der Waals surface area contributed by atoms with Gasteiger partial charge in [0.1, 0.15) is 4.91 Å². The van der Waals surface area contributed by atoms with Crippen LogP contribution >= 0.6 is 0 Å². The molecule has 0 aromatic heterocycles. The van der Waals surface area contributed by atoms with Crippen LogP contribution in [-0.2, 0) is 36.3 Å². The van der Waals surface area contributed by atoms with Crippen LogP contribution in [0.3, 0.4) is 0 Å². The van der Waals surface area contributed by atoms with Gasteiger partial charge in [0.15, 0.2) is 0 Å². The van der Waals surface area contributed by atoms with Crippen LogP contribution < -0.4 is 24.8 Å². The molecule has 0 aromatic rings. The summed E-state index contributed by atoms with van der Waals surface area (Å²) in [7, 11) is -4.13. The van der Waals surface area contributed by atoms with Gasteiger partial charge < -0.3 is 24.8 Å². The zero-order valence-electron chi connectivity index (χ0n) is 10.1. The van der Waals surface area contributed by atoms with Gasteiger partial charge in [-0.2, -0.15) is 8.42 Å². The summed E-state index contributed by atoms with van der Waals surface area (Å²) in [6.07, 6.45) is 3.74. The molecular weight excluding hydrogens is 374 g/mol. The first-order valence-electron chi connectivity index (χ1n) is 4.62. The molecule has 2 aliphatic carbocycles. The van der Waals surface area contributed by atoms with Gasteiger partial charge in [0, 0.05) is 5.57 Å². The standard InChI is InChI=1S/C11H12O3S.2ClH.Zr/c1-6-4-7(2)10-9(6)5-8(3)11(10)15(12,13)14;;;/h4-5H,1-3H3,(H,12,13,14);2*1H;/q;;;+2/p-2. The summed E-state index contributed by atoms with van der Waals surface area (Å²) in [5, 5.41) is 0. The monoisotopic (exact) mass is 384 g/mol. The molecule has 0 bridgehead atoms. The van der Waals surface area contributed by atoms with E-state index in [0.717, 1.165) is 16.7 Å². The third kappa shape index (κ3) is 3.26. The first-order valence-corrected chi connectivity index (χ1v) is 6.06. The van der Waals surface area contributed by atoms with Crippen molar-refractivity contribution in [1.82, 2.24) is 0 Å². The second kappa shape index (κ2) is 6.67. The average Bonchev–Trinajstić information content (AvgIpc) is 2.51. The Bertz CT molecular complexity index is 583. The van der Waals surface area contributed by atoms with Gasteiger partial charge in [0.2, 0.25) is 0 Å². The second-order valence-electron chi connectivity index (χ2n) is 3.93. The Balaban J connectivity index is 0. The maximum absolute atomic E-state index is 11.2. The number of hydrogen-bond acceptors (Lipinski definition) is 2. The fraction of sp³-hybridized carbons (Fsp3) is 0.273. The Morgan fingerprint density at radius 1 is 1.00 bits per heavy atom. The molecule has 0 heterocycles. The zero-order valence-corrected chi connectivity index (χ0v) is 14.9. The Hall–Kier alpha value is 0.333. The Labute approximate surface area is 139 Å². The largest absolute Gasteiger partial charge is 2.00 e. The van der Waals surface area contributed by atoms with Gasteiger partial charge >= 0.3 is 26.2 Å². The van der Waals surface area contributed by atoms with Gasteiger partial charge in [-0.3, -0.25) is 4.55 Å². The van der Waals surface area contributed by atoms with E-state index in [1.54, 1.807) is 13.0 Å². The van der Waals surface area contributed by atoms with E-state index in [1.165, 1.54) is 0 Å². The Kier molecular flexibility index (Phi) is 7.65. The molecule has 0 atom stereocenters. The van der Waals surface area contributed by atoms with Crippen molar-refractivity contribution in [2.75, 3.05) is 0 Å². The smallest absolute Gasteiger partial charge is 1.00 e. The van der Waals surface area contributed by atoms with E-state index in [4.69, 9.17) is 4.55 Å². The number of fused-ring (bicyclic) bond motifs is 1. The summed E-state index contributed by atoms with van der Waals surface area (Å²) in [4.78, 5) is 0.0584. The van der Waals surface area contributed by atoms with Crippen molar-refractivity contribution in [2.24, 2.45) is 0 Å². The Morgan fingerprint density at radius 2 is 1.50 bits per heavy atom. The molecule has 98 valence electrons. The number of rotatable bonds is 1. The molecule has 1 N–H and O–H groups in total. The molecule has 0 saturated carbocycles. The van der Waals surface area contributed by atoms with Gasteiger partial charge in [-0.25, -0.2) is 0 Å². The van der Waals surface area contributed by atoms with Crippen LogP contribution in [0.25, 0.3) is 0 Å². The van der Waals surface area contributed by atoms with Crippen LogP contribution in [0.15, 0.2) is 44.9 Å². The summed E-state index contributed by atoms with van der Waals surface area (Å²) in [5.74, 6) is 0. The van der Waals surface area contributed by atoms with Crippen LogP contribution in [0.4, 0.5) is 0 Å². The van der Waals surface area contributed by atoms with E-state index >= 15 is 0 Å². The number of hydrogen-bond donors (Lipinski definition) is 1. The summed E-state index contributed by atoms with van der Waals surface area (Å²) in [6.45, 7) is 5.48. The minimum atomic E-state index is -4.13. The van der Waals surface area contributed by atoms with E-state index in [0.29, 0.717) is 11.1 Å². The van der Waals surface area contributed by atoms with E-state index in [1.807, 2.05) is 19.9 Å². The molecule has 0 saturated heterocycles. The van der Waals surface area contributed by atoms with Crippen LogP contribution in [0.2, 0.25) is 0 Å². The maximum Gasteiger partial charge on any atom is 2.00 e. The summed E-state index contributed by atoms with van der Waals surface area (Å²) in [5.41, 5.74) is 4.11. The molecule has 2 aliphatic rings. The minimum absolute atomic E-state index is 0. The number of halogens is 2. The van der Waals surface area contributed by atoms with E-state index in [-0.39, 0.29) is 55.9 Å². The van der Waals surface area contributed by atoms with Crippen LogP contribution in [0.1, 0.15) is 20.8 Å². The number of allylic oxidation sites excluding steroid dienone is 7. The predicted molar refractivity (Wildman–Crippen MR) is 58.8 cm³/mol. The van der Waals surface area contributed by atoms with Crippen molar-refractivity contribution in [1.29, 1.82) is 0 Å². The molecule has 2 rings (SSSR count). The molecule has 0 aromatic carbocycles. The van der Waals surface area contributed by atoms with Gasteiger partial charge in [-0.1, -0.05) is 6.08 Å². The summed E-state index contributed by atoms with van der Waals surface area (Å²) >= 11 is 0. The quantitative estimate of drug-likeness (QED) is 0.474. The fourth-order valence-electron chi connectivity index (χ4n) is 2.18. The van der Waals surface area contributed by atoms with Crippen molar-refractivity contribution < 1.29 is 64.0 Å². The maximum atomic E-state index is 11.2. The van der Waals surface area contributed by atoms with Crippen molar-refractivity contribution >= 4 is 10.1 Å². The van der Waals surface area contributed by atoms with Crippen molar-refractivity contribution in [2.45, 2.75) is 20.8 Å². The van der Waals surface area contributed by atoms with Crippen molar-refractivity contribution in [3.63, 3.8) is 0 Å². The molecule has 18 heavy (non-hydrogen) atoms. The van der Waals surface area contributed by atoms with E-state index < -0.39 is 10.1 Å². The molecule has 0 radical (unpaired) electrons. The van der Waals surface area contributed by atoms with Crippen LogP contribution in [0.5, 0.6) is 0 Å². The molecule has 3 nitrogen and oxygen atoms in total. The third-order valence-electron chi connectivity index (χ3n) is 2.73. The normalized spacial score (nSPS) is 17.3. The molecule has 0 fully saturated rings.